The summed E-state index contributed by atoms with van der Waals surface area (Å²) in [6, 6.07) is 9.10. The number of alkyl halides is 1. The summed E-state index contributed by atoms with van der Waals surface area (Å²) < 4.78 is 19.3. The molecule has 134 valence electrons. The number of anilines is 1. The fraction of sp³-hybridized carbons (Fsp3) is 0.350. The van der Waals surface area contributed by atoms with Crippen LogP contribution in [0.1, 0.15) is 26.2 Å². The number of Topliss-reactive ketones (excluding diaryl/α,β-unsaturated/α-hetero) is 1. The molecule has 3 unspecified atom stereocenters. The van der Waals surface area contributed by atoms with Crippen molar-refractivity contribution < 1.29 is 18.7 Å². The van der Waals surface area contributed by atoms with E-state index in [0.29, 0.717) is 35.4 Å². The lowest BCUT2D eigenvalue weighted by Gasteiger charge is -2.34. The summed E-state index contributed by atoms with van der Waals surface area (Å²) in [7, 11) is 0. The first kappa shape index (κ1) is 16.7. The fourth-order valence-electron chi connectivity index (χ4n) is 3.65. The van der Waals surface area contributed by atoms with Crippen molar-refractivity contribution in [1.82, 2.24) is 0 Å². The molecule has 4 rings (SSSR count). The number of benzene rings is 1. The second-order valence-corrected chi connectivity index (χ2v) is 6.82. The van der Waals surface area contributed by atoms with Crippen molar-refractivity contribution in [3.63, 3.8) is 0 Å². The van der Waals surface area contributed by atoms with Crippen molar-refractivity contribution in [3.8, 4) is 0 Å². The van der Waals surface area contributed by atoms with E-state index in [1.807, 2.05) is 18.2 Å². The van der Waals surface area contributed by atoms with Crippen LogP contribution < -0.4 is 5.01 Å². The van der Waals surface area contributed by atoms with E-state index in [2.05, 4.69) is 5.10 Å². The Morgan fingerprint density at radius 3 is 2.77 bits per heavy atom. The molecular formula is C20H19FN2O3. The Morgan fingerprint density at radius 2 is 2.00 bits per heavy atom. The van der Waals surface area contributed by atoms with E-state index in [1.165, 1.54) is 17.3 Å². The van der Waals surface area contributed by atoms with Gasteiger partial charge in [0.1, 0.15) is 12.3 Å². The first-order valence-corrected chi connectivity index (χ1v) is 8.75. The molecule has 0 bridgehead atoms. The van der Waals surface area contributed by atoms with Crippen LogP contribution in [0.5, 0.6) is 0 Å². The first-order valence-electron chi connectivity index (χ1n) is 8.75. The predicted octanol–water partition coefficient (Wildman–Crippen LogP) is 3.33. The number of ether oxygens (including phenoxy) is 1. The molecule has 2 heterocycles. The van der Waals surface area contributed by atoms with Crippen LogP contribution in [0.15, 0.2) is 58.9 Å². The summed E-state index contributed by atoms with van der Waals surface area (Å²) in [5.41, 5.74) is 1.84. The third-order valence-corrected chi connectivity index (χ3v) is 5.08. The highest BCUT2D eigenvalue weighted by Crippen LogP contribution is 2.35. The summed E-state index contributed by atoms with van der Waals surface area (Å²) in [5, 5.41) is 5.61. The Kier molecular flexibility index (Phi) is 4.18. The van der Waals surface area contributed by atoms with E-state index in [9.17, 15) is 14.0 Å². The largest absolute Gasteiger partial charge is 0.497 e. The molecule has 1 aromatic rings. The molecule has 2 aliphatic heterocycles. The lowest BCUT2D eigenvalue weighted by Crippen LogP contribution is -2.39. The number of para-hydroxylation sites is 1. The number of hydrazone groups is 1. The number of carbonyl (C=O) groups is 2. The van der Waals surface area contributed by atoms with Gasteiger partial charge in [-0.1, -0.05) is 18.2 Å². The van der Waals surface area contributed by atoms with Gasteiger partial charge in [0.15, 0.2) is 5.78 Å². The van der Waals surface area contributed by atoms with Crippen LogP contribution in [-0.2, 0) is 14.3 Å². The number of amides is 1. The van der Waals surface area contributed by atoms with E-state index < -0.39 is 12.1 Å². The third kappa shape index (κ3) is 2.85. The summed E-state index contributed by atoms with van der Waals surface area (Å²) in [5.74, 6) is -0.930. The van der Waals surface area contributed by atoms with Crippen molar-refractivity contribution in [2.75, 3.05) is 5.01 Å². The number of ketones is 1. The monoisotopic (exact) mass is 354 g/mol. The van der Waals surface area contributed by atoms with Crippen molar-refractivity contribution in [1.29, 1.82) is 0 Å². The third-order valence-electron chi connectivity index (χ3n) is 5.08. The topological polar surface area (TPSA) is 59.0 Å². The van der Waals surface area contributed by atoms with E-state index >= 15 is 0 Å². The van der Waals surface area contributed by atoms with E-state index in [1.54, 1.807) is 19.1 Å². The number of allylic oxidation sites excluding steroid dienone is 2. The van der Waals surface area contributed by atoms with Gasteiger partial charge in [-0.25, -0.2) is 4.39 Å². The Hall–Kier alpha value is -2.76. The van der Waals surface area contributed by atoms with Gasteiger partial charge in [-0.05, 0) is 44.4 Å². The van der Waals surface area contributed by atoms with Gasteiger partial charge in [-0.3, -0.25) is 9.59 Å². The SMILES string of the molecule is CC1=NN(c2ccccc2)C(=O)/C1=C\C1=COC2CCC(F)CC2C1=O. The molecule has 6 heteroatoms. The Bertz CT molecular complexity index is 844. The molecule has 26 heavy (non-hydrogen) atoms. The average molecular weight is 354 g/mol. The summed E-state index contributed by atoms with van der Waals surface area (Å²) in [6.45, 7) is 1.72. The maximum atomic E-state index is 13.7. The number of halogens is 1. The number of rotatable bonds is 2. The second kappa shape index (κ2) is 6.52. The molecular weight excluding hydrogens is 335 g/mol. The molecule has 1 aromatic carbocycles. The zero-order chi connectivity index (χ0) is 18.3. The number of nitrogens with zero attached hydrogens (tertiary/aromatic N) is 2. The van der Waals surface area contributed by atoms with Crippen LogP contribution in [0, 0.1) is 5.92 Å². The zero-order valence-electron chi connectivity index (χ0n) is 14.4. The first-order chi connectivity index (χ1) is 12.5. The second-order valence-electron chi connectivity index (χ2n) is 6.82. The summed E-state index contributed by atoms with van der Waals surface area (Å²) in [6.07, 6.45) is 2.84. The van der Waals surface area contributed by atoms with Crippen LogP contribution >= 0.6 is 0 Å². The molecule has 3 atom stereocenters. The van der Waals surface area contributed by atoms with Crippen LogP contribution in [0.4, 0.5) is 10.1 Å². The van der Waals surface area contributed by atoms with Crippen molar-refractivity contribution >= 4 is 23.1 Å². The molecule has 3 aliphatic rings. The fourth-order valence-corrected chi connectivity index (χ4v) is 3.65. The van der Waals surface area contributed by atoms with Crippen molar-refractivity contribution in [3.05, 3.63) is 53.8 Å². The molecule has 5 nitrogen and oxygen atoms in total. The quantitative estimate of drug-likeness (QED) is 0.766. The predicted molar refractivity (Wildman–Crippen MR) is 95.3 cm³/mol. The van der Waals surface area contributed by atoms with Crippen LogP contribution in [-0.4, -0.2) is 29.7 Å². The Labute approximate surface area is 150 Å². The average Bonchev–Trinajstić information content (AvgIpc) is 2.93. The van der Waals surface area contributed by atoms with Crippen LogP contribution in [0.2, 0.25) is 0 Å². The van der Waals surface area contributed by atoms with Gasteiger partial charge >= 0.3 is 0 Å². The van der Waals surface area contributed by atoms with E-state index in [0.717, 1.165) is 0 Å². The minimum Gasteiger partial charge on any atom is -0.497 e. The maximum absolute atomic E-state index is 13.7. The highest BCUT2D eigenvalue weighted by molar-refractivity contribution is 6.30. The minimum atomic E-state index is -0.971. The number of carbonyl (C=O) groups excluding carboxylic acids is 2. The van der Waals surface area contributed by atoms with E-state index in [4.69, 9.17) is 4.74 Å². The lowest BCUT2D eigenvalue weighted by molar-refractivity contribution is -0.128. The van der Waals surface area contributed by atoms with Gasteiger partial charge in [0, 0.05) is 0 Å². The highest BCUT2D eigenvalue weighted by atomic mass is 19.1. The smallest absolute Gasteiger partial charge is 0.280 e. The Morgan fingerprint density at radius 1 is 1.23 bits per heavy atom. The van der Waals surface area contributed by atoms with Gasteiger partial charge in [0.2, 0.25) is 0 Å². The van der Waals surface area contributed by atoms with Gasteiger partial charge in [-0.2, -0.15) is 10.1 Å². The zero-order valence-corrected chi connectivity index (χ0v) is 14.4. The number of hydrogen-bond acceptors (Lipinski definition) is 4. The number of hydrogen-bond donors (Lipinski definition) is 0. The maximum Gasteiger partial charge on any atom is 0.280 e. The summed E-state index contributed by atoms with van der Waals surface area (Å²) >= 11 is 0. The van der Waals surface area contributed by atoms with Gasteiger partial charge in [0.05, 0.1) is 34.7 Å². The van der Waals surface area contributed by atoms with E-state index in [-0.39, 0.29) is 24.2 Å². The summed E-state index contributed by atoms with van der Waals surface area (Å²) in [4.78, 5) is 25.5. The van der Waals surface area contributed by atoms with Gasteiger partial charge in [0.25, 0.3) is 5.91 Å². The molecule has 1 aliphatic carbocycles. The minimum absolute atomic E-state index is 0.158. The molecule has 0 spiro atoms. The molecule has 0 saturated heterocycles. The highest BCUT2D eigenvalue weighted by Gasteiger charge is 2.40. The molecule has 0 N–H and O–H groups in total. The van der Waals surface area contributed by atoms with Gasteiger partial charge < -0.3 is 4.74 Å². The molecule has 1 fully saturated rings. The Balaban J connectivity index is 1.60. The normalized spacial score (nSPS) is 30.0. The van der Waals surface area contributed by atoms with Crippen LogP contribution in [0.25, 0.3) is 0 Å². The van der Waals surface area contributed by atoms with Crippen LogP contribution in [0.3, 0.4) is 0 Å². The van der Waals surface area contributed by atoms with Crippen molar-refractivity contribution in [2.45, 2.75) is 38.5 Å². The number of fused-ring (bicyclic) bond motifs is 1. The van der Waals surface area contributed by atoms with Crippen molar-refractivity contribution in [2.24, 2.45) is 11.0 Å². The molecule has 1 saturated carbocycles. The lowest BCUT2D eigenvalue weighted by atomic mass is 9.79. The van der Waals surface area contributed by atoms with Gasteiger partial charge in [-0.15, -0.1) is 0 Å². The standard InChI is InChI=1S/C20H19FN2O3/c1-12-16(20(25)23(22-12)15-5-3-2-4-6-15)9-13-11-26-18-8-7-14(21)10-17(18)19(13)24/h2-6,9,11,14,17-18H,7-8,10H2,1H3/b16-9-. The molecule has 1 amide bonds. The molecule has 0 radical (unpaired) electrons. The molecule has 0 aromatic heterocycles.